The molecule has 18 heavy (non-hydrogen) atoms. The largest absolute Gasteiger partial charge is 0.378 e. The van der Waals surface area contributed by atoms with Gasteiger partial charge in [0.1, 0.15) is 0 Å². The van der Waals surface area contributed by atoms with Crippen LogP contribution < -0.4 is 16.6 Å². The summed E-state index contributed by atoms with van der Waals surface area (Å²) in [6.07, 6.45) is 7.63. The predicted molar refractivity (Wildman–Crippen MR) is 73.2 cm³/mol. The molecule has 0 amide bonds. The summed E-state index contributed by atoms with van der Waals surface area (Å²) >= 11 is 0. The van der Waals surface area contributed by atoms with Gasteiger partial charge in [-0.15, -0.1) is 0 Å². The van der Waals surface area contributed by atoms with E-state index in [1.54, 1.807) is 0 Å². The Balaban J connectivity index is 1.81. The minimum absolute atomic E-state index is 0.374. The Morgan fingerprint density at radius 2 is 2.11 bits per heavy atom. The lowest BCUT2D eigenvalue weighted by atomic mass is 10.0. The van der Waals surface area contributed by atoms with E-state index in [9.17, 15) is 0 Å². The third-order valence-corrected chi connectivity index (χ3v) is 4.07. The number of aliphatic imine (C=N–C) groups is 1. The molecule has 2 aliphatic rings. The normalized spacial score (nSPS) is 29.8. The Bertz CT molecular complexity index is 276. The average Bonchev–Trinajstić information content (AvgIpc) is 3.05. The Morgan fingerprint density at radius 3 is 2.78 bits per heavy atom. The maximum Gasteiger partial charge on any atom is 0.205 e. The highest BCUT2D eigenvalue weighted by molar-refractivity contribution is 5.79. The molecule has 0 aromatic rings. The van der Waals surface area contributed by atoms with Gasteiger partial charge in [0.05, 0.1) is 6.10 Å². The number of nitrogens with two attached hydrogens (primary N) is 1. The number of hydrogen-bond acceptors (Lipinski definition) is 3. The van der Waals surface area contributed by atoms with E-state index in [1.807, 2.05) is 0 Å². The van der Waals surface area contributed by atoms with E-state index in [1.165, 1.54) is 25.7 Å². The van der Waals surface area contributed by atoms with Gasteiger partial charge in [-0.1, -0.05) is 19.8 Å². The van der Waals surface area contributed by atoms with Crippen molar-refractivity contribution in [1.29, 1.82) is 0 Å². The van der Waals surface area contributed by atoms with Crippen LogP contribution in [0.25, 0.3) is 0 Å². The standard InChI is InChI=1S/C13H26N4O/c1-2-12-10(7-8-18-12)9-15-13(17-14)16-11-5-3-4-6-11/h10-12H,2-9,14H2,1H3,(H2,15,16,17). The molecule has 104 valence electrons. The van der Waals surface area contributed by atoms with Crippen molar-refractivity contribution in [2.45, 2.75) is 57.6 Å². The average molecular weight is 254 g/mol. The second kappa shape index (κ2) is 6.95. The van der Waals surface area contributed by atoms with Crippen molar-refractivity contribution < 1.29 is 4.74 Å². The van der Waals surface area contributed by atoms with Crippen LogP contribution in [0.1, 0.15) is 45.4 Å². The Kier molecular flexibility index (Phi) is 5.26. The second-order valence-corrected chi connectivity index (χ2v) is 5.33. The zero-order valence-electron chi connectivity index (χ0n) is 11.3. The summed E-state index contributed by atoms with van der Waals surface area (Å²) in [5.41, 5.74) is 2.68. The maximum atomic E-state index is 5.67. The van der Waals surface area contributed by atoms with Gasteiger partial charge in [-0.25, -0.2) is 5.84 Å². The minimum Gasteiger partial charge on any atom is -0.378 e. The van der Waals surface area contributed by atoms with Gasteiger partial charge in [0.15, 0.2) is 0 Å². The molecule has 2 unspecified atom stereocenters. The van der Waals surface area contributed by atoms with Crippen LogP contribution in [0.2, 0.25) is 0 Å². The van der Waals surface area contributed by atoms with Crippen LogP contribution >= 0.6 is 0 Å². The van der Waals surface area contributed by atoms with Crippen molar-refractivity contribution in [2.75, 3.05) is 13.2 Å². The zero-order chi connectivity index (χ0) is 12.8. The number of hydrogen-bond donors (Lipinski definition) is 3. The summed E-state index contributed by atoms with van der Waals surface area (Å²) in [6.45, 7) is 3.85. The summed E-state index contributed by atoms with van der Waals surface area (Å²) in [5.74, 6) is 6.81. The fourth-order valence-electron chi connectivity index (χ4n) is 2.96. The lowest BCUT2D eigenvalue weighted by Gasteiger charge is -2.18. The van der Waals surface area contributed by atoms with Crippen molar-refractivity contribution in [2.24, 2.45) is 16.8 Å². The smallest absolute Gasteiger partial charge is 0.205 e. The van der Waals surface area contributed by atoms with Gasteiger partial charge in [-0.3, -0.25) is 10.4 Å². The van der Waals surface area contributed by atoms with Crippen LogP contribution in [0.3, 0.4) is 0 Å². The van der Waals surface area contributed by atoms with Crippen LogP contribution in [0.5, 0.6) is 0 Å². The summed E-state index contributed by atoms with van der Waals surface area (Å²) in [6, 6.07) is 0.543. The molecule has 1 aliphatic carbocycles. The Hall–Kier alpha value is -0.810. The first kappa shape index (κ1) is 13.6. The molecule has 0 spiro atoms. The zero-order valence-corrected chi connectivity index (χ0v) is 11.3. The number of nitrogens with one attached hydrogen (secondary N) is 2. The van der Waals surface area contributed by atoms with Crippen molar-refractivity contribution in [1.82, 2.24) is 10.7 Å². The lowest BCUT2D eigenvalue weighted by Crippen LogP contribution is -2.46. The third-order valence-electron chi connectivity index (χ3n) is 4.07. The molecule has 5 heteroatoms. The lowest BCUT2D eigenvalue weighted by molar-refractivity contribution is 0.0892. The van der Waals surface area contributed by atoms with Crippen molar-refractivity contribution in [3.8, 4) is 0 Å². The molecule has 2 fully saturated rings. The predicted octanol–water partition coefficient (Wildman–Crippen LogP) is 1.15. The van der Waals surface area contributed by atoms with Gasteiger partial charge in [0, 0.05) is 25.1 Å². The summed E-state index contributed by atoms with van der Waals surface area (Å²) < 4.78 is 5.67. The third kappa shape index (κ3) is 3.59. The summed E-state index contributed by atoms with van der Waals surface area (Å²) in [4.78, 5) is 4.58. The Labute approximate surface area is 110 Å². The summed E-state index contributed by atoms with van der Waals surface area (Å²) in [5, 5.41) is 3.40. The molecule has 2 atom stereocenters. The molecule has 5 nitrogen and oxygen atoms in total. The van der Waals surface area contributed by atoms with Gasteiger partial charge < -0.3 is 10.1 Å². The van der Waals surface area contributed by atoms with E-state index < -0.39 is 0 Å². The number of rotatable bonds is 4. The molecule has 0 bridgehead atoms. The second-order valence-electron chi connectivity index (χ2n) is 5.33. The van der Waals surface area contributed by atoms with Gasteiger partial charge in [-0.05, 0) is 25.7 Å². The van der Waals surface area contributed by atoms with E-state index in [0.717, 1.165) is 32.0 Å². The number of ether oxygens (including phenoxy) is 1. The topological polar surface area (TPSA) is 71.7 Å². The first-order valence-corrected chi connectivity index (χ1v) is 7.22. The maximum absolute atomic E-state index is 5.67. The van der Waals surface area contributed by atoms with Crippen molar-refractivity contribution in [3.05, 3.63) is 0 Å². The molecule has 2 rings (SSSR count). The van der Waals surface area contributed by atoms with Crippen molar-refractivity contribution >= 4 is 5.96 Å². The number of guanidine groups is 1. The molecule has 0 radical (unpaired) electrons. The van der Waals surface area contributed by atoms with E-state index in [0.29, 0.717) is 18.1 Å². The quantitative estimate of drug-likeness (QED) is 0.305. The molecule has 1 heterocycles. The van der Waals surface area contributed by atoms with E-state index in [2.05, 4.69) is 22.7 Å². The van der Waals surface area contributed by atoms with E-state index in [4.69, 9.17) is 10.6 Å². The SMILES string of the molecule is CCC1OCCC1CN=C(NN)NC1CCCC1. The van der Waals surface area contributed by atoms with Crippen LogP contribution in [0.4, 0.5) is 0 Å². The molecular formula is C13H26N4O. The first-order chi connectivity index (χ1) is 8.83. The molecule has 4 N–H and O–H groups in total. The molecule has 1 saturated carbocycles. The van der Waals surface area contributed by atoms with Gasteiger partial charge >= 0.3 is 0 Å². The minimum atomic E-state index is 0.374. The Morgan fingerprint density at radius 1 is 1.33 bits per heavy atom. The molecule has 1 saturated heterocycles. The molecule has 0 aromatic carbocycles. The molecule has 1 aliphatic heterocycles. The van der Waals surface area contributed by atoms with E-state index in [-0.39, 0.29) is 0 Å². The van der Waals surface area contributed by atoms with Crippen LogP contribution in [0.15, 0.2) is 4.99 Å². The van der Waals surface area contributed by atoms with Crippen molar-refractivity contribution in [3.63, 3.8) is 0 Å². The van der Waals surface area contributed by atoms with Gasteiger partial charge in [-0.2, -0.15) is 0 Å². The fraction of sp³-hybridized carbons (Fsp3) is 0.923. The molecule has 0 aromatic heterocycles. The monoisotopic (exact) mass is 254 g/mol. The highest BCUT2D eigenvalue weighted by Gasteiger charge is 2.26. The van der Waals surface area contributed by atoms with Gasteiger partial charge in [0.25, 0.3) is 0 Å². The number of nitrogens with zero attached hydrogens (tertiary/aromatic N) is 1. The van der Waals surface area contributed by atoms with Gasteiger partial charge in [0.2, 0.25) is 5.96 Å². The van der Waals surface area contributed by atoms with E-state index >= 15 is 0 Å². The van der Waals surface area contributed by atoms with Crippen LogP contribution in [0, 0.1) is 5.92 Å². The fourth-order valence-corrected chi connectivity index (χ4v) is 2.96. The van der Waals surface area contributed by atoms with Crippen LogP contribution in [-0.4, -0.2) is 31.3 Å². The molecular weight excluding hydrogens is 228 g/mol. The highest BCUT2D eigenvalue weighted by Crippen LogP contribution is 2.23. The first-order valence-electron chi connectivity index (χ1n) is 7.22. The number of hydrazine groups is 1. The summed E-state index contributed by atoms with van der Waals surface area (Å²) in [7, 11) is 0. The van der Waals surface area contributed by atoms with Crippen LogP contribution in [-0.2, 0) is 4.74 Å². The highest BCUT2D eigenvalue weighted by atomic mass is 16.5.